The van der Waals surface area contributed by atoms with E-state index in [0.717, 1.165) is 12.1 Å². The van der Waals surface area contributed by atoms with Crippen LogP contribution in [0, 0.1) is 0 Å². The molecule has 0 saturated heterocycles. The molecule has 0 aliphatic heterocycles. The summed E-state index contributed by atoms with van der Waals surface area (Å²) in [5.41, 5.74) is 0. The summed E-state index contributed by atoms with van der Waals surface area (Å²) in [4.78, 5) is 0. The molecule has 3 nitrogen and oxygen atoms in total. The molecule has 0 bridgehead atoms. The standard InChI is InChI=1S/C10H5F9O3S.K.H/c11-7(12,9(15,16)17)8(13,14)10(18,19)23(20,21)22-6-4-2-1-3-5-6;;/h1-5H;;. The number of hydrogen-bond acceptors (Lipinski definition) is 3. The van der Waals surface area contributed by atoms with Crippen LogP contribution in [0.25, 0.3) is 0 Å². The van der Waals surface area contributed by atoms with Crippen LogP contribution in [0.3, 0.4) is 0 Å². The van der Waals surface area contributed by atoms with Crippen molar-refractivity contribution >= 4 is 61.5 Å². The molecule has 0 heterocycles. The van der Waals surface area contributed by atoms with Gasteiger partial charge in [-0.3, -0.25) is 0 Å². The Morgan fingerprint density at radius 3 is 1.54 bits per heavy atom. The minimum absolute atomic E-state index is 0. The van der Waals surface area contributed by atoms with Crippen molar-refractivity contribution in [2.75, 3.05) is 0 Å². The molecule has 0 atom stereocenters. The van der Waals surface area contributed by atoms with Gasteiger partial charge >= 0.3 is 84.8 Å². The first kappa shape index (κ1) is 24.0. The fourth-order valence-electron chi connectivity index (χ4n) is 1.17. The van der Waals surface area contributed by atoms with Gasteiger partial charge in [-0.25, -0.2) is 0 Å². The molecule has 0 fully saturated rings. The molecule has 1 aromatic rings. The number of alkyl halides is 9. The van der Waals surface area contributed by atoms with Crippen LogP contribution in [0.2, 0.25) is 0 Å². The van der Waals surface area contributed by atoms with Crippen LogP contribution in [0.15, 0.2) is 30.3 Å². The minimum atomic E-state index is -7.32. The first-order valence-corrected chi connectivity index (χ1v) is 6.68. The molecule has 134 valence electrons. The SMILES string of the molecule is O=S(=O)(Oc1ccccc1)C(F)(F)C(F)(F)C(F)(F)C(F)(F)F.[KH]. The molecular formula is C10H6F9KO3S. The summed E-state index contributed by atoms with van der Waals surface area (Å²) < 4.78 is 139. The molecule has 0 amide bonds. The average Bonchev–Trinajstić information content (AvgIpc) is 2.37. The van der Waals surface area contributed by atoms with Gasteiger partial charge in [0.2, 0.25) is 0 Å². The van der Waals surface area contributed by atoms with E-state index in [9.17, 15) is 47.9 Å². The van der Waals surface area contributed by atoms with Crippen LogP contribution in [-0.4, -0.2) is 83.1 Å². The summed E-state index contributed by atoms with van der Waals surface area (Å²) in [7, 11) is -6.88. The van der Waals surface area contributed by atoms with Crippen molar-refractivity contribution in [1.29, 1.82) is 0 Å². The van der Waals surface area contributed by atoms with Crippen molar-refractivity contribution in [3.05, 3.63) is 30.3 Å². The van der Waals surface area contributed by atoms with Crippen LogP contribution >= 0.6 is 0 Å². The number of para-hydroxylation sites is 1. The summed E-state index contributed by atoms with van der Waals surface area (Å²) in [5, 5.41) is -6.87. The monoisotopic (exact) mass is 416 g/mol. The van der Waals surface area contributed by atoms with E-state index in [2.05, 4.69) is 4.18 Å². The summed E-state index contributed by atoms with van der Waals surface area (Å²) in [6, 6.07) is 4.59. The number of rotatable bonds is 5. The maximum atomic E-state index is 13.2. The van der Waals surface area contributed by atoms with E-state index in [-0.39, 0.29) is 51.4 Å². The van der Waals surface area contributed by atoms with E-state index in [4.69, 9.17) is 0 Å². The first-order chi connectivity index (χ1) is 10.1. The molecule has 0 aliphatic carbocycles. The second-order valence-corrected chi connectivity index (χ2v) is 5.60. The third kappa shape index (κ3) is 4.03. The molecule has 24 heavy (non-hydrogen) atoms. The Balaban J connectivity index is 0.00000529. The molecule has 14 heteroatoms. The van der Waals surface area contributed by atoms with Gasteiger partial charge in [0.25, 0.3) is 0 Å². The van der Waals surface area contributed by atoms with E-state index in [1.165, 1.54) is 6.07 Å². The quantitative estimate of drug-likeness (QED) is 0.421. The van der Waals surface area contributed by atoms with Crippen molar-refractivity contribution in [2.24, 2.45) is 0 Å². The Morgan fingerprint density at radius 2 is 1.17 bits per heavy atom. The Bertz CT molecular complexity index is 658. The van der Waals surface area contributed by atoms with Crippen LogP contribution < -0.4 is 4.18 Å². The Hall–Kier alpha value is -0.0236. The zero-order chi connectivity index (χ0) is 18.3. The van der Waals surface area contributed by atoms with E-state index in [1.807, 2.05) is 0 Å². The fraction of sp³-hybridized carbons (Fsp3) is 0.400. The van der Waals surface area contributed by atoms with Crippen LogP contribution in [0.4, 0.5) is 39.5 Å². The van der Waals surface area contributed by atoms with Crippen molar-refractivity contribution in [1.82, 2.24) is 0 Å². The van der Waals surface area contributed by atoms with Crippen LogP contribution in [0.5, 0.6) is 5.75 Å². The Kier molecular flexibility index (Phi) is 7.30. The van der Waals surface area contributed by atoms with E-state index >= 15 is 0 Å². The summed E-state index contributed by atoms with van der Waals surface area (Å²) in [6.07, 6.45) is -7.12. The number of hydrogen-bond donors (Lipinski definition) is 0. The molecule has 0 N–H and O–H groups in total. The van der Waals surface area contributed by atoms with E-state index in [0.29, 0.717) is 12.1 Å². The Morgan fingerprint density at radius 1 is 0.750 bits per heavy atom. The third-order valence-corrected chi connectivity index (χ3v) is 3.68. The van der Waals surface area contributed by atoms with E-state index in [1.54, 1.807) is 0 Å². The predicted molar refractivity (Wildman–Crippen MR) is 64.0 cm³/mol. The summed E-state index contributed by atoms with van der Waals surface area (Å²) in [5.74, 6) is -15.6. The molecule has 0 spiro atoms. The van der Waals surface area contributed by atoms with Gasteiger partial charge < -0.3 is 4.18 Å². The first-order valence-electron chi connectivity index (χ1n) is 5.27. The van der Waals surface area contributed by atoms with Crippen LogP contribution in [-0.2, 0) is 10.1 Å². The molecule has 1 rings (SSSR count). The molecule has 0 aliphatic rings. The zero-order valence-electron chi connectivity index (χ0n) is 10.4. The second kappa shape index (κ2) is 7.30. The second-order valence-electron chi connectivity index (χ2n) is 4.01. The van der Waals surface area contributed by atoms with E-state index < -0.39 is 39.1 Å². The normalized spacial score (nSPS) is 14.0. The maximum absolute atomic E-state index is 13.2. The van der Waals surface area contributed by atoms with Gasteiger partial charge in [0.05, 0.1) is 0 Å². The molecular weight excluding hydrogens is 410 g/mol. The summed E-state index contributed by atoms with van der Waals surface area (Å²) >= 11 is 0. The predicted octanol–water partition coefficient (Wildman–Crippen LogP) is 3.17. The van der Waals surface area contributed by atoms with Gasteiger partial charge in [-0.1, -0.05) is 18.2 Å². The van der Waals surface area contributed by atoms with Gasteiger partial charge in [0.15, 0.2) is 0 Å². The van der Waals surface area contributed by atoms with Crippen molar-refractivity contribution < 1.29 is 52.1 Å². The van der Waals surface area contributed by atoms with Gasteiger partial charge in [-0.15, -0.1) is 0 Å². The zero-order valence-corrected chi connectivity index (χ0v) is 11.2. The van der Waals surface area contributed by atoms with Gasteiger partial charge in [-0.2, -0.15) is 47.9 Å². The number of benzene rings is 1. The molecule has 0 radical (unpaired) electrons. The van der Waals surface area contributed by atoms with Crippen molar-refractivity contribution in [3.63, 3.8) is 0 Å². The summed E-state index contributed by atoms with van der Waals surface area (Å²) in [6.45, 7) is 0. The van der Waals surface area contributed by atoms with Crippen molar-refractivity contribution in [3.8, 4) is 5.75 Å². The Labute approximate surface area is 171 Å². The van der Waals surface area contributed by atoms with Crippen molar-refractivity contribution in [2.45, 2.75) is 23.3 Å². The topological polar surface area (TPSA) is 43.4 Å². The molecule has 1 aromatic carbocycles. The number of halogens is 9. The van der Waals surface area contributed by atoms with Crippen LogP contribution in [0.1, 0.15) is 0 Å². The fourth-order valence-corrected chi connectivity index (χ4v) is 2.08. The van der Waals surface area contributed by atoms with Gasteiger partial charge in [-0.05, 0) is 12.1 Å². The average molecular weight is 416 g/mol. The molecule has 0 saturated carbocycles. The molecule has 0 aromatic heterocycles. The van der Waals surface area contributed by atoms with Gasteiger partial charge in [0.1, 0.15) is 5.75 Å². The third-order valence-electron chi connectivity index (χ3n) is 2.38. The molecule has 0 unspecified atom stereocenters. The van der Waals surface area contributed by atoms with Gasteiger partial charge in [0, 0.05) is 0 Å².